The van der Waals surface area contributed by atoms with Crippen LogP contribution in [0.3, 0.4) is 0 Å². The van der Waals surface area contributed by atoms with Crippen LogP contribution in [0.2, 0.25) is 5.02 Å². The molecule has 1 fully saturated rings. The van der Waals surface area contributed by atoms with Gasteiger partial charge >= 0.3 is 0 Å². The smallest absolute Gasteiger partial charge is 0.213 e. The van der Waals surface area contributed by atoms with E-state index in [1.54, 1.807) is 25.2 Å². The molecule has 0 spiro atoms. The predicted molar refractivity (Wildman–Crippen MR) is 184 cm³/mol. The van der Waals surface area contributed by atoms with Crippen molar-refractivity contribution in [1.82, 2.24) is 20.7 Å². The van der Waals surface area contributed by atoms with Gasteiger partial charge in [0.2, 0.25) is 5.88 Å². The summed E-state index contributed by atoms with van der Waals surface area (Å²) in [5.41, 5.74) is 11.4. The van der Waals surface area contributed by atoms with Crippen LogP contribution in [0, 0.1) is 62.1 Å². The van der Waals surface area contributed by atoms with Gasteiger partial charge in [0.1, 0.15) is 12.4 Å². The number of nitrogens with zero attached hydrogens (tertiary/aromatic N) is 2. The van der Waals surface area contributed by atoms with Crippen LogP contribution >= 0.6 is 11.6 Å². The number of aryl methyl sites for hydroxylation is 2. The summed E-state index contributed by atoms with van der Waals surface area (Å²) in [6.07, 6.45) is 5.41. The zero-order valence-corrected chi connectivity index (χ0v) is 32.8. The van der Waals surface area contributed by atoms with Gasteiger partial charge in [-0.05, 0) is 70.9 Å². The maximum absolute atomic E-state index is 13.9. The van der Waals surface area contributed by atoms with E-state index in [0.717, 1.165) is 43.7 Å². The number of hydrazine groups is 1. The third-order valence-electron chi connectivity index (χ3n) is 7.47. The molecule has 1 atom stereocenters. The Labute approximate surface area is 303 Å². The number of carbonyl (C=O) groups excluding carboxylic acids is 1. The van der Waals surface area contributed by atoms with E-state index in [1.807, 2.05) is 44.4 Å². The molecule has 2 aromatic carbocycles. The Hall–Kier alpha value is -2.38. The summed E-state index contributed by atoms with van der Waals surface area (Å²) in [5.74, 6) is 1.07. The molecule has 10 heteroatoms. The fourth-order valence-electron chi connectivity index (χ4n) is 4.67. The normalized spacial score (nSPS) is 13.7. The third-order valence-corrected chi connectivity index (χ3v) is 7.70. The van der Waals surface area contributed by atoms with Crippen molar-refractivity contribution in [2.45, 2.75) is 66.0 Å². The van der Waals surface area contributed by atoms with Gasteiger partial charge in [0.15, 0.2) is 0 Å². The number of likely N-dealkylation sites (tertiary alicyclic amines) is 1. The van der Waals surface area contributed by atoms with Gasteiger partial charge in [0, 0.05) is 72.1 Å². The quantitative estimate of drug-likeness (QED) is 0.0809. The third kappa shape index (κ3) is 15.0. The van der Waals surface area contributed by atoms with Crippen LogP contribution in [0.1, 0.15) is 67.5 Å². The van der Waals surface area contributed by atoms with E-state index in [2.05, 4.69) is 54.2 Å². The van der Waals surface area contributed by atoms with E-state index < -0.39 is 0 Å². The minimum atomic E-state index is -0.362. The summed E-state index contributed by atoms with van der Waals surface area (Å²) in [5, 5.41) is 7.35. The number of pyridine rings is 1. The van der Waals surface area contributed by atoms with Crippen LogP contribution < -0.4 is 15.6 Å². The molecule has 4 rings (SSSR count). The second-order valence-corrected chi connectivity index (χ2v) is 12.1. The molecule has 1 aliphatic rings. The minimum absolute atomic E-state index is 0. The largest absolute Gasteiger partial charge is 0.473 e. The van der Waals surface area contributed by atoms with E-state index in [4.69, 9.17) is 21.7 Å². The molecule has 7 nitrogen and oxygen atoms in total. The summed E-state index contributed by atoms with van der Waals surface area (Å²) < 4.78 is 19.6. The van der Waals surface area contributed by atoms with Crippen molar-refractivity contribution in [2.75, 3.05) is 26.7 Å². The molecule has 248 valence electrons. The van der Waals surface area contributed by atoms with Crippen molar-refractivity contribution in [2.24, 2.45) is 5.92 Å². The Morgan fingerprint density at radius 2 is 1.87 bits per heavy atom. The zero-order valence-electron chi connectivity index (χ0n) is 27.9. The topological polar surface area (TPSA) is 90.3 Å². The maximum Gasteiger partial charge on any atom is 0.213 e. The SMILES string of the molecule is C=C(C)CN1CCC(c2cccc(OCc3ccc(Cl)cc3F)n2)CC1.CNNC(C=N)C(C)C.Cc1ccc([C-]=O)cc1C.[U]. The average Bonchev–Trinajstić information content (AvgIpc) is 3.01. The number of nitrogens with one attached hydrogen (secondary N) is 3. The Morgan fingerprint density at radius 3 is 2.39 bits per heavy atom. The first-order valence-corrected chi connectivity index (χ1v) is 15.6. The molecule has 46 heavy (non-hydrogen) atoms. The monoisotopic (exact) mass is 874 g/mol. The van der Waals surface area contributed by atoms with Gasteiger partial charge in [-0.2, -0.15) is 17.7 Å². The molecule has 0 amide bonds. The second kappa shape index (κ2) is 22.2. The maximum atomic E-state index is 13.9. The van der Waals surface area contributed by atoms with Gasteiger partial charge in [-0.3, -0.25) is 10.3 Å². The number of rotatable bonds is 11. The van der Waals surface area contributed by atoms with Crippen molar-refractivity contribution in [3.05, 3.63) is 106 Å². The molecule has 0 radical (unpaired) electrons. The number of piperidine rings is 1. The van der Waals surface area contributed by atoms with Crippen LogP contribution in [0.4, 0.5) is 4.39 Å². The van der Waals surface area contributed by atoms with E-state index in [1.165, 1.54) is 23.4 Å². The van der Waals surface area contributed by atoms with Crippen LogP contribution in [0.5, 0.6) is 5.88 Å². The minimum Gasteiger partial charge on any atom is -0.473 e. The van der Waals surface area contributed by atoms with E-state index in [0.29, 0.717) is 33.9 Å². The van der Waals surface area contributed by atoms with Crippen LogP contribution in [0.15, 0.2) is 66.7 Å². The number of halogens is 2. The van der Waals surface area contributed by atoms with Gasteiger partial charge in [-0.15, -0.1) is 11.6 Å². The summed E-state index contributed by atoms with van der Waals surface area (Å²) in [4.78, 5) is 17.2. The molecule has 1 aromatic heterocycles. The van der Waals surface area contributed by atoms with E-state index >= 15 is 0 Å². The molecular weight excluding hydrogens is 827 g/mol. The molecule has 2 heterocycles. The fraction of sp³-hybridized carbons (Fsp3) is 0.417. The Kier molecular flexibility index (Phi) is 20.1. The molecule has 0 aliphatic carbocycles. The van der Waals surface area contributed by atoms with Gasteiger partial charge in [0.05, 0.1) is 12.3 Å². The molecule has 3 N–H and O–H groups in total. The van der Waals surface area contributed by atoms with Gasteiger partial charge < -0.3 is 14.9 Å². The Bertz CT molecular complexity index is 1380. The summed E-state index contributed by atoms with van der Waals surface area (Å²) in [7, 11) is 1.80. The molecule has 0 bridgehead atoms. The van der Waals surface area contributed by atoms with Crippen LogP contribution in [0.25, 0.3) is 0 Å². The fourth-order valence-corrected chi connectivity index (χ4v) is 4.83. The number of hydrogen-bond acceptors (Lipinski definition) is 7. The van der Waals surface area contributed by atoms with E-state index in [-0.39, 0.29) is 49.6 Å². The first-order valence-electron chi connectivity index (χ1n) is 15.3. The van der Waals surface area contributed by atoms with Gasteiger partial charge in [-0.1, -0.05) is 62.2 Å². The zero-order chi connectivity index (χ0) is 33.4. The average molecular weight is 875 g/mol. The Morgan fingerprint density at radius 1 is 1.17 bits per heavy atom. The van der Waals surface area contributed by atoms with Crippen molar-refractivity contribution in [3.63, 3.8) is 0 Å². The molecule has 1 unspecified atom stereocenters. The molecule has 3 aromatic rings. The van der Waals surface area contributed by atoms with Crippen molar-refractivity contribution < 1.29 is 45.0 Å². The summed E-state index contributed by atoms with van der Waals surface area (Å²) in [6.45, 7) is 17.4. The molecule has 1 saturated heterocycles. The first-order chi connectivity index (χ1) is 21.5. The van der Waals surface area contributed by atoms with Crippen molar-refractivity contribution in [3.8, 4) is 5.88 Å². The standard InChI is InChI=1S/C21H24ClFN2O.C9H9O.C6H15N3.U/c1-15(2)13-25-10-8-16(9-11-25)20-4-3-5-21(24-20)26-14-17-6-7-18(22)12-19(17)23;1-7-3-4-9(6-10)5-8(7)2;1-5(2)6(4-7)9-8-3;/h3-7,12,16H,1,8-11,13-14H2,2H3;3-5H,1-2H3;4-9H,1-3H3;/q;-1;;. The predicted octanol–water partition coefficient (Wildman–Crippen LogP) is 7.35. The Balaban J connectivity index is 0.000000436. The van der Waals surface area contributed by atoms with Gasteiger partial charge in [0.25, 0.3) is 0 Å². The van der Waals surface area contributed by atoms with Gasteiger partial charge in [-0.25, -0.2) is 14.8 Å². The summed E-state index contributed by atoms with van der Waals surface area (Å²) in [6, 6.07) is 16.1. The number of ether oxygens (including phenoxy) is 1. The van der Waals surface area contributed by atoms with Crippen molar-refractivity contribution in [1.29, 1.82) is 5.41 Å². The summed E-state index contributed by atoms with van der Waals surface area (Å²) >= 11 is 5.78. The first kappa shape index (κ1) is 41.6. The molecule has 0 saturated carbocycles. The van der Waals surface area contributed by atoms with Crippen molar-refractivity contribution >= 4 is 24.1 Å². The molecular formula is C36H48ClFN5O2U-. The molecule has 1 aliphatic heterocycles. The number of hydrogen-bond donors (Lipinski definition) is 3. The van der Waals surface area contributed by atoms with E-state index in [9.17, 15) is 9.18 Å². The number of benzene rings is 2. The van der Waals surface area contributed by atoms with Crippen LogP contribution in [-0.2, 0) is 11.4 Å². The second-order valence-electron chi connectivity index (χ2n) is 11.7. The number of aromatic nitrogens is 1. The van der Waals surface area contributed by atoms with Crippen LogP contribution in [-0.4, -0.2) is 55.1 Å².